The molecule has 5 heteroatoms. The highest BCUT2D eigenvalue weighted by Gasteiger charge is 2.14. The lowest BCUT2D eigenvalue weighted by Crippen LogP contribution is -1.91. The summed E-state index contributed by atoms with van der Waals surface area (Å²) in [6.07, 6.45) is 0. The second kappa shape index (κ2) is 4.28. The van der Waals surface area contributed by atoms with E-state index in [2.05, 4.69) is 9.97 Å². The third-order valence-corrected chi connectivity index (χ3v) is 2.85. The van der Waals surface area contributed by atoms with Crippen LogP contribution in [-0.4, -0.2) is 17.1 Å². The third-order valence-electron chi connectivity index (χ3n) is 2.85. The molecule has 5 nitrogen and oxygen atoms in total. The highest BCUT2D eigenvalue weighted by Crippen LogP contribution is 2.32. The molecule has 0 fully saturated rings. The number of hydrogen-bond donors (Lipinski definition) is 1. The smallest absolute Gasteiger partial charge is 0.232 e. The molecule has 0 saturated heterocycles. The van der Waals surface area contributed by atoms with Crippen molar-refractivity contribution in [2.75, 3.05) is 12.8 Å². The summed E-state index contributed by atoms with van der Waals surface area (Å²) in [5.74, 6) is 1.10. The van der Waals surface area contributed by atoms with Gasteiger partial charge in [-0.15, -0.1) is 0 Å². The zero-order valence-corrected chi connectivity index (χ0v) is 10.7. The van der Waals surface area contributed by atoms with Crippen molar-refractivity contribution in [2.45, 2.75) is 6.92 Å². The van der Waals surface area contributed by atoms with E-state index in [1.54, 1.807) is 19.2 Å². The fraction of sp³-hybridized carbons (Fsp3) is 0.143. The molecule has 0 spiro atoms. The summed E-state index contributed by atoms with van der Waals surface area (Å²) in [6.45, 7) is 1.91. The number of oxazole rings is 1. The molecule has 0 aliphatic carbocycles. The first-order valence-corrected chi connectivity index (χ1v) is 5.85. The second-order valence-corrected chi connectivity index (χ2v) is 4.25. The van der Waals surface area contributed by atoms with Crippen LogP contribution in [0.2, 0.25) is 0 Å². The molecule has 96 valence electrons. The zero-order valence-electron chi connectivity index (χ0n) is 10.7. The van der Waals surface area contributed by atoms with Gasteiger partial charge in [-0.1, -0.05) is 0 Å². The Kier molecular flexibility index (Phi) is 2.59. The predicted molar refractivity (Wildman–Crippen MR) is 72.9 cm³/mol. The number of fused-ring (bicyclic) bond motifs is 1. The van der Waals surface area contributed by atoms with Gasteiger partial charge in [-0.25, -0.2) is 4.98 Å². The Labute approximate surface area is 110 Å². The maximum Gasteiger partial charge on any atom is 0.232 e. The number of nitrogen functional groups attached to an aromatic ring is 1. The molecule has 2 heterocycles. The summed E-state index contributed by atoms with van der Waals surface area (Å²) in [7, 11) is 1.59. The van der Waals surface area contributed by atoms with Crippen LogP contribution in [0.4, 0.5) is 5.69 Å². The van der Waals surface area contributed by atoms with E-state index in [1.165, 1.54) is 0 Å². The van der Waals surface area contributed by atoms with Crippen molar-refractivity contribution in [2.24, 2.45) is 0 Å². The van der Waals surface area contributed by atoms with Gasteiger partial charge in [0.15, 0.2) is 11.2 Å². The van der Waals surface area contributed by atoms with Gasteiger partial charge < -0.3 is 14.9 Å². The summed E-state index contributed by atoms with van der Waals surface area (Å²) in [4.78, 5) is 8.71. The Morgan fingerprint density at radius 1 is 1.16 bits per heavy atom. The first-order chi connectivity index (χ1) is 9.17. The van der Waals surface area contributed by atoms with Crippen molar-refractivity contribution in [1.82, 2.24) is 9.97 Å². The van der Waals surface area contributed by atoms with Crippen LogP contribution in [-0.2, 0) is 0 Å². The van der Waals surface area contributed by atoms with Crippen LogP contribution < -0.4 is 10.5 Å². The van der Waals surface area contributed by atoms with E-state index in [4.69, 9.17) is 14.9 Å². The van der Waals surface area contributed by atoms with E-state index < -0.39 is 0 Å². The minimum absolute atomic E-state index is 0.477. The van der Waals surface area contributed by atoms with E-state index in [9.17, 15) is 0 Å². The van der Waals surface area contributed by atoms with E-state index in [-0.39, 0.29) is 0 Å². The largest absolute Gasteiger partial charge is 0.496 e. The maximum absolute atomic E-state index is 5.73. The monoisotopic (exact) mass is 255 g/mol. The Morgan fingerprint density at radius 2 is 2.00 bits per heavy atom. The molecule has 19 heavy (non-hydrogen) atoms. The van der Waals surface area contributed by atoms with Crippen molar-refractivity contribution in [3.05, 3.63) is 36.0 Å². The van der Waals surface area contributed by atoms with Crippen molar-refractivity contribution in [3.8, 4) is 17.2 Å². The van der Waals surface area contributed by atoms with Crippen molar-refractivity contribution in [1.29, 1.82) is 0 Å². The molecule has 3 rings (SSSR count). The molecular formula is C14H13N3O2. The van der Waals surface area contributed by atoms with Gasteiger partial charge in [0.1, 0.15) is 5.75 Å². The Balaban J connectivity index is 2.18. The van der Waals surface area contributed by atoms with Crippen LogP contribution in [0.15, 0.2) is 34.7 Å². The number of anilines is 1. The highest BCUT2D eigenvalue weighted by atomic mass is 16.5. The number of nitrogens with zero attached hydrogens (tertiary/aromatic N) is 2. The zero-order chi connectivity index (χ0) is 13.4. The Morgan fingerprint density at radius 3 is 2.79 bits per heavy atom. The van der Waals surface area contributed by atoms with E-state index in [0.29, 0.717) is 28.6 Å². The number of benzene rings is 1. The van der Waals surface area contributed by atoms with E-state index in [0.717, 1.165) is 11.3 Å². The van der Waals surface area contributed by atoms with Gasteiger partial charge >= 0.3 is 0 Å². The van der Waals surface area contributed by atoms with Crippen molar-refractivity contribution >= 4 is 16.9 Å². The van der Waals surface area contributed by atoms with Gasteiger partial charge in [-0.3, -0.25) is 0 Å². The van der Waals surface area contributed by atoms with Gasteiger partial charge in [0.25, 0.3) is 0 Å². The van der Waals surface area contributed by atoms with E-state index >= 15 is 0 Å². The van der Waals surface area contributed by atoms with Gasteiger partial charge in [0.05, 0.1) is 12.7 Å². The average molecular weight is 255 g/mol. The predicted octanol–water partition coefficient (Wildman–Crippen LogP) is 2.79. The number of aryl methyl sites for hydroxylation is 1. The first kappa shape index (κ1) is 11.5. The van der Waals surface area contributed by atoms with Gasteiger partial charge in [0.2, 0.25) is 5.89 Å². The fourth-order valence-corrected chi connectivity index (χ4v) is 1.91. The fourth-order valence-electron chi connectivity index (χ4n) is 1.91. The summed E-state index contributed by atoms with van der Waals surface area (Å²) >= 11 is 0. The topological polar surface area (TPSA) is 74.2 Å². The normalized spacial score (nSPS) is 10.8. The molecule has 0 bridgehead atoms. The summed E-state index contributed by atoms with van der Waals surface area (Å²) < 4.78 is 11.0. The summed E-state index contributed by atoms with van der Waals surface area (Å²) in [5, 5.41) is 0. The van der Waals surface area contributed by atoms with Gasteiger partial charge in [0, 0.05) is 17.4 Å². The molecular weight excluding hydrogens is 242 g/mol. The average Bonchev–Trinajstić information content (AvgIpc) is 2.81. The van der Waals surface area contributed by atoms with Gasteiger partial charge in [-0.05, 0) is 31.2 Å². The lowest BCUT2D eigenvalue weighted by molar-refractivity contribution is 0.415. The second-order valence-electron chi connectivity index (χ2n) is 4.25. The summed E-state index contributed by atoms with van der Waals surface area (Å²) in [5.41, 5.74) is 9.26. The summed E-state index contributed by atoms with van der Waals surface area (Å²) in [6, 6.07) is 9.09. The van der Waals surface area contributed by atoms with Crippen LogP contribution in [0.1, 0.15) is 5.69 Å². The number of aromatic nitrogens is 2. The molecule has 0 aliphatic rings. The number of nitrogens with two attached hydrogens (primary N) is 1. The molecule has 2 N–H and O–H groups in total. The molecule has 0 saturated carbocycles. The minimum Gasteiger partial charge on any atom is -0.496 e. The molecule has 0 amide bonds. The molecule has 2 aromatic heterocycles. The van der Waals surface area contributed by atoms with Crippen LogP contribution in [0, 0.1) is 6.92 Å². The number of hydrogen-bond acceptors (Lipinski definition) is 5. The number of ether oxygens (including phenoxy) is 1. The van der Waals surface area contributed by atoms with Crippen molar-refractivity contribution in [3.63, 3.8) is 0 Å². The molecule has 0 unspecified atom stereocenters. The lowest BCUT2D eigenvalue weighted by Gasteiger charge is -2.05. The van der Waals surface area contributed by atoms with Crippen LogP contribution in [0.5, 0.6) is 5.75 Å². The van der Waals surface area contributed by atoms with Crippen molar-refractivity contribution < 1.29 is 9.15 Å². The lowest BCUT2D eigenvalue weighted by atomic mass is 10.2. The SMILES string of the molecule is COc1cc(N)ccc1-c1nc2nc(C)ccc2o1. The number of pyridine rings is 1. The van der Waals surface area contributed by atoms with Crippen LogP contribution in [0.25, 0.3) is 22.7 Å². The quantitative estimate of drug-likeness (QED) is 0.713. The molecule has 1 aromatic carbocycles. The van der Waals surface area contributed by atoms with Gasteiger partial charge in [-0.2, -0.15) is 4.98 Å². The van der Waals surface area contributed by atoms with E-state index in [1.807, 2.05) is 25.1 Å². The van der Waals surface area contributed by atoms with Crippen LogP contribution in [0.3, 0.4) is 0 Å². The molecule has 3 aromatic rings. The van der Waals surface area contributed by atoms with Crippen LogP contribution >= 0.6 is 0 Å². The molecule has 0 aliphatic heterocycles. The standard InChI is InChI=1S/C14H13N3O2/c1-8-3-6-11-13(16-8)17-14(19-11)10-5-4-9(15)7-12(10)18-2/h3-7H,15H2,1-2H3. The maximum atomic E-state index is 5.73. The number of rotatable bonds is 2. The molecule has 0 radical (unpaired) electrons. The Hall–Kier alpha value is -2.56. The third kappa shape index (κ3) is 1.99. The Bertz CT molecular complexity index is 750. The molecule has 0 atom stereocenters. The number of methoxy groups -OCH3 is 1. The highest BCUT2D eigenvalue weighted by molar-refractivity contribution is 5.75. The minimum atomic E-state index is 0.477. The first-order valence-electron chi connectivity index (χ1n) is 5.85.